The molecule has 0 unspecified atom stereocenters. The molecule has 2 amide bonds. The van der Waals surface area contributed by atoms with Gasteiger partial charge in [-0.15, -0.1) is 0 Å². The van der Waals surface area contributed by atoms with Crippen LogP contribution in [0.25, 0.3) is 0 Å². The molecule has 0 aliphatic carbocycles. The van der Waals surface area contributed by atoms with Gasteiger partial charge in [0, 0.05) is 44.0 Å². The van der Waals surface area contributed by atoms with E-state index in [1.807, 2.05) is 44.2 Å². The molecule has 0 radical (unpaired) electrons. The van der Waals surface area contributed by atoms with E-state index in [9.17, 15) is 9.59 Å². The number of carbonyl (C=O) groups excluding carboxylic acids is 2. The number of nitrogens with one attached hydrogen (secondary N) is 4. The van der Waals surface area contributed by atoms with Gasteiger partial charge in [-0.2, -0.15) is 0 Å². The summed E-state index contributed by atoms with van der Waals surface area (Å²) >= 11 is 0. The van der Waals surface area contributed by atoms with E-state index >= 15 is 0 Å². The number of amides is 2. The van der Waals surface area contributed by atoms with Gasteiger partial charge in [-0.05, 0) is 71.4 Å². The molecule has 8 nitrogen and oxygen atoms in total. The van der Waals surface area contributed by atoms with Crippen LogP contribution in [0.15, 0.2) is 36.4 Å². The second-order valence-electron chi connectivity index (χ2n) is 10.5. The highest BCUT2D eigenvalue weighted by molar-refractivity contribution is 5.90. The van der Waals surface area contributed by atoms with Crippen molar-refractivity contribution in [3.05, 3.63) is 42.0 Å². The molecule has 2 fully saturated rings. The lowest BCUT2D eigenvalue weighted by atomic mass is 9.98. The van der Waals surface area contributed by atoms with Gasteiger partial charge in [-0.3, -0.25) is 9.59 Å². The van der Waals surface area contributed by atoms with Crippen LogP contribution >= 0.6 is 0 Å². The van der Waals surface area contributed by atoms with Crippen molar-refractivity contribution < 1.29 is 9.59 Å². The van der Waals surface area contributed by atoms with Gasteiger partial charge in [0.25, 0.3) is 0 Å². The number of hydrogen-bond acceptors (Lipinski definition) is 6. The van der Waals surface area contributed by atoms with Crippen LogP contribution in [-0.4, -0.2) is 86.6 Å². The molecule has 200 valence electrons. The van der Waals surface area contributed by atoms with Crippen LogP contribution in [0, 0.1) is 0 Å². The zero-order chi connectivity index (χ0) is 25.9. The first-order chi connectivity index (χ1) is 17.4. The van der Waals surface area contributed by atoms with E-state index < -0.39 is 0 Å². The van der Waals surface area contributed by atoms with E-state index in [0.717, 1.165) is 69.4 Å². The van der Waals surface area contributed by atoms with Crippen molar-refractivity contribution in [1.29, 1.82) is 0 Å². The number of likely N-dealkylation sites (N-methyl/N-ethyl adjacent to an activating group) is 2. The Balaban J connectivity index is 1.56. The number of anilines is 1. The van der Waals surface area contributed by atoms with Crippen molar-refractivity contribution in [3.63, 3.8) is 0 Å². The molecule has 1 aromatic carbocycles. The monoisotopic (exact) mass is 498 g/mol. The molecule has 1 aromatic rings. The molecular formula is C28H46N6O2. The number of fused-ring (bicyclic) bond motifs is 1. The molecular weight excluding hydrogens is 452 g/mol. The summed E-state index contributed by atoms with van der Waals surface area (Å²) in [6.07, 6.45) is 9.88. The Morgan fingerprint density at radius 1 is 1.17 bits per heavy atom. The second-order valence-corrected chi connectivity index (χ2v) is 10.5. The van der Waals surface area contributed by atoms with Crippen LogP contribution in [0.3, 0.4) is 0 Å². The molecule has 4 atom stereocenters. The number of hydrogen-bond donors (Lipinski definition) is 4. The minimum atomic E-state index is -0.380. The van der Waals surface area contributed by atoms with Crippen LogP contribution in [0.1, 0.15) is 51.0 Å². The summed E-state index contributed by atoms with van der Waals surface area (Å²) in [5.74, 6) is 0.0490. The Morgan fingerprint density at radius 2 is 1.97 bits per heavy atom. The van der Waals surface area contributed by atoms with Crippen LogP contribution in [0.5, 0.6) is 0 Å². The first kappa shape index (κ1) is 28.2. The molecule has 4 N–H and O–H groups in total. The van der Waals surface area contributed by atoms with E-state index in [1.54, 1.807) is 0 Å². The van der Waals surface area contributed by atoms with Crippen LogP contribution < -0.4 is 21.3 Å². The molecule has 3 rings (SSSR count). The molecule has 2 aliphatic heterocycles. The van der Waals surface area contributed by atoms with Gasteiger partial charge in [0.15, 0.2) is 0 Å². The average molecular weight is 499 g/mol. The maximum Gasteiger partial charge on any atom is 0.243 e. The predicted octanol–water partition coefficient (Wildman–Crippen LogP) is 2.33. The Labute approximate surface area is 217 Å². The molecule has 0 spiro atoms. The molecule has 0 aromatic heterocycles. The van der Waals surface area contributed by atoms with E-state index in [2.05, 4.69) is 51.3 Å². The van der Waals surface area contributed by atoms with Gasteiger partial charge in [0.2, 0.25) is 11.8 Å². The summed E-state index contributed by atoms with van der Waals surface area (Å²) in [6, 6.07) is 8.00. The fraction of sp³-hybridized carbons (Fsp3) is 0.643. The largest absolute Gasteiger partial charge is 0.382 e. The summed E-state index contributed by atoms with van der Waals surface area (Å²) in [5.41, 5.74) is 2.07. The van der Waals surface area contributed by atoms with Crippen molar-refractivity contribution in [2.24, 2.45) is 0 Å². The SMILES string of the molecule is CN[C@@H](C)CN[C@H]1CCCC[C@H]2CC[C@@H](C(=O)NCc3cccc(NC/C=C/CN(C)C)c3)N2C1=O. The van der Waals surface area contributed by atoms with Crippen LogP contribution in [-0.2, 0) is 16.1 Å². The zero-order valence-corrected chi connectivity index (χ0v) is 22.6. The number of carbonyl (C=O) groups is 2. The topological polar surface area (TPSA) is 88.7 Å². The maximum absolute atomic E-state index is 13.5. The summed E-state index contributed by atoms with van der Waals surface area (Å²) in [5, 5.41) is 13.2. The third-order valence-electron chi connectivity index (χ3n) is 7.26. The Bertz CT molecular complexity index is 873. The van der Waals surface area contributed by atoms with E-state index in [4.69, 9.17) is 0 Å². The highest BCUT2D eigenvalue weighted by atomic mass is 16.2. The quantitative estimate of drug-likeness (QED) is 0.331. The lowest BCUT2D eigenvalue weighted by Gasteiger charge is -2.35. The Morgan fingerprint density at radius 3 is 2.75 bits per heavy atom. The molecule has 2 heterocycles. The Hall–Kier alpha value is -2.42. The molecule has 0 bridgehead atoms. The van der Waals surface area contributed by atoms with Gasteiger partial charge >= 0.3 is 0 Å². The minimum Gasteiger partial charge on any atom is -0.382 e. The summed E-state index contributed by atoms with van der Waals surface area (Å²) in [6.45, 7) is 4.96. The lowest BCUT2D eigenvalue weighted by molar-refractivity contribution is -0.143. The summed E-state index contributed by atoms with van der Waals surface area (Å²) < 4.78 is 0. The smallest absolute Gasteiger partial charge is 0.243 e. The molecule has 0 saturated carbocycles. The molecule has 2 aliphatic rings. The highest BCUT2D eigenvalue weighted by Gasteiger charge is 2.43. The van der Waals surface area contributed by atoms with Gasteiger partial charge in [-0.1, -0.05) is 37.1 Å². The van der Waals surface area contributed by atoms with Crippen molar-refractivity contribution in [2.75, 3.05) is 46.1 Å². The normalized spacial score (nSPS) is 23.4. The standard InChI is InChI=1S/C28H46N6O2/c1-21(29-2)19-31-25-13-6-5-12-24-14-15-26(34(24)28(25)36)27(35)32-20-22-10-9-11-23(18-22)30-16-7-8-17-33(3)4/h7-11,18,21,24-26,29-31H,5-6,12-17,19-20H2,1-4H3,(H,32,35)/b8-7+/t21-,24-,25-,26-/m0/s1. The fourth-order valence-corrected chi connectivity index (χ4v) is 5.04. The predicted molar refractivity (Wildman–Crippen MR) is 147 cm³/mol. The third kappa shape index (κ3) is 8.32. The average Bonchev–Trinajstić information content (AvgIpc) is 3.28. The number of benzene rings is 1. The highest BCUT2D eigenvalue weighted by Crippen LogP contribution is 2.31. The fourth-order valence-electron chi connectivity index (χ4n) is 5.04. The lowest BCUT2D eigenvalue weighted by Crippen LogP contribution is -2.56. The van der Waals surface area contributed by atoms with Crippen LogP contribution in [0.2, 0.25) is 0 Å². The van der Waals surface area contributed by atoms with Gasteiger partial charge in [0.1, 0.15) is 6.04 Å². The van der Waals surface area contributed by atoms with Crippen molar-refractivity contribution in [3.8, 4) is 0 Å². The molecule has 8 heteroatoms. The first-order valence-electron chi connectivity index (χ1n) is 13.5. The van der Waals surface area contributed by atoms with Crippen LogP contribution in [0.4, 0.5) is 5.69 Å². The Kier molecular flexibility index (Phi) is 11.2. The van der Waals surface area contributed by atoms with Crippen molar-refractivity contribution in [2.45, 2.75) is 76.2 Å². The zero-order valence-electron chi connectivity index (χ0n) is 22.6. The number of rotatable bonds is 12. The second kappa shape index (κ2) is 14.4. The van der Waals surface area contributed by atoms with Crippen molar-refractivity contribution in [1.82, 2.24) is 25.8 Å². The summed E-state index contributed by atoms with van der Waals surface area (Å²) in [7, 11) is 6.02. The third-order valence-corrected chi connectivity index (χ3v) is 7.26. The minimum absolute atomic E-state index is 0.0428. The van der Waals surface area contributed by atoms with E-state index in [-0.39, 0.29) is 36.0 Å². The molecule has 2 saturated heterocycles. The van der Waals surface area contributed by atoms with E-state index in [0.29, 0.717) is 6.54 Å². The summed E-state index contributed by atoms with van der Waals surface area (Å²) in [4.78, 5) is 30.8. The van der Waals surface area contributed by atoms with Gasteiger partial charge < -0.3 is 31.1 Å². The van der Waals surface area contributed by atoms with Crippen molar-refractivity contribution >= 4 is 17.5 Å². The first-order valence-corrected chi connectivity index (χ1v) is 13.5. The maximum atomic E-state index is 13.5. The molecule has 36 heavy (non-hydrogen) atoms. The number of nitrogens with zero attached hydrogens (tertiary/aromatic N) is 2. The van der Waals surface area contributed by atoms with Gasteiger partial charge in [0.05, 0.1) is 6.04 Å². The van der Waals surface area contributed by atoms with Gasteiger partial charge in [-0.25, -0.2) is 0 Å². The van der Waals surface area contributed by atoms with E-state index in [1.165, 1.54) is 0 Å².